The van der Waals surface area contributed by atoms with Gasteiger partial charge in [-0.25, -0.2) is 0 Å². The third-order valence-electron chi connectivity index (χ3n) is 5.44. The highest BCUT2D eigenvalue weighted by Gasteiger charge is 2.24. The van der Waals surface area contributed by atoms with Gasteiger partial charge in [0.15, 0.2) is 0 Å². The summed E-state index contributed by atoms with van der Waals surface area (Å²) in [6, 6.07) is 18.3. The van der Waals surface area contributed by atoms with Crippen molar-refractivity contribution < 1.29 is 9.59 Å². The van der Waals surface area contributed by atoms with Crippen LogP contribution in [0.15, 0.2) is 60.8 Å². The molecule has 1 aliphatic rings. The summed E-state index contributed by atoms with van der Waals surface area (Å²) in [5, 5.41) is 0.983. The summed E-state index contributed by atoms with van der Waals surface area (Å²) in [4.78, 5) is 28.7. The first-order chi connectivity index (χ1) is 13.6. The molecule has 0 atom stereocenters. The van der Waals surface area contributed by atoms with Crippen molar-refractivity contribution in [3.63, 3.8) is 0 Å². The van der Waals surface area contributed by atoms with Crippen molar-refractivity contribution in [3.05, 3.63) is 71.9 Å². The standard InChI is InChI=1S/C23H25N3O2/c1-18(27)24-12-7-13-25(15-14-24)23(28)21-17-26(16-19-8-3-2-4-9-19)22-11-6-5-10-20(21)22/h2-6,8-11,17H,7,12-16H2,1H3. The summed E-state index contributed by atoms with van der Waals surface area (Å²) in [5.41, 5.74) is 3.01. The van der Waals surface area contributed by atoms with Crippen molar-refractivity contribution in [2.75, 3.05) is 26.2 Å². The quantitative estimate of drug-likeness (QED) is 0.704. The highest BCUT2D eigenvalue weighted by molar-refractivity contribution is 6.07. The molecule has 2 heterocycles. The van der Waals surface area contributed by atoms with Gasteiger partial charge >= 0.3 is 0 Å². The minimum atomic E-state index is 0.0495. The first-order valence-electron chi connectivity index (χ1n) is 9.80. The zero-order valence-corrected chi connectivity index (χ0v) is 16.2. The van der Waals surface area contributed by atoms with Crippen molar-refractivity contribution in [1.82, 2.24) is 14.4 Å². The van der Waals surface area contributed by atoms with Crippen LogP contribution in [0.2, 0.25) is 0 Å². The van der Waals surface area contributed by atoms with E-state index in [0.29, 0.717) is 19.6 Å². The predicted octanol–water partition coefficient (Wildman–Crippen LogP) is 3.38. The first-order valence-corrected chi connectivity index (χ1v) is 9.80. The molecule has 0 radical (unpaired) electrons. The van der Waals surface area contributed by atoms with Crippen LogP contribution < -0.4 is 0 Å². The van der Waals surface area contributed by atoms with E-state index in [4.69, 9.17) is 0 Å². The molecule has 0 saturated carbocycles. The molecule has 3 aromatic rings. The number of fused-ring (bicyclic) bond motifs is 1. The molecule has 5 heteroatoms. The third kappa shape index (κ3) is 3.65. The maximum absolute atomic E-state index is 13.3. The van der Waals surface area contributed by atoms with Gasteiger partial charge in [-0.2, -0.15) is 0 Å². The minimum absolute atomic E-state index is 0.0495. The van der Waals surface area contributed by atoms with Gasteiger partial charge in [0.1, 0.15) is 0 Å². The molecule has 0 N–H and O–H groups in total. The van der Waals surface area contributed by atoms with Gasteiger partial charge in [0.05, 0.1) is 5.56 Å². The highest BCUT2D eigenvalue weighted by atomic mass is 16.2. The Hall–Kier alpha value is -3.08. The number of nitrogens with zero attached hydrogens (tertiary/aromatic N) is 3. The minimum Gasteiger partial charge on any atom is -0.342 e. The Morgan fingerprint density at radius 3 is 2.32 bits per heavy atom. The van der Waals surface area contributed by atoms with Crippen LogP contribution in [0.3, 0.4) is 0 Å². The number of aromatic nitrogens is 1. The molecule has 1 saturated heterocycles. The van der Waals surface area contributed by atoms with E-state index in [9.17, 15) is 9.59 Å². The maximum Gasteiger partial charge on any atom is 0.256 e. The Morgan fingerprint density at radius 1 is 0.857 bits per heavy atom. The van der Waals surface area contributed by atoms with E-state index in [0.717, 1.165) is 36.0 Å². The van der Waals surface area contributed by atoms with Crippen LogP contribution in [0.5, 0.6) is 0 Å². The van der Waals surface area contributed by atoms with Crippen LogP contribution in [0.1, 0.15) is 29.3 Å². The molecule has 0 unspecified atom stereocenters. The summed E-state index contributed by atoms with van der Waals surface area (Å²) in [7, 11) is 0. The number of benzene rings is 2. The lowest BCUT2D eigenvalue weighted by molar-refractivity contribution is -0.128. The zero-order chi connectivity index (χ0) is 19.5. The van der Waals surface area contributed by atoms with Gasteiger partial charge in [-0.1, -0.05) is 48.5 Å². The van der Waals surface area contributed by atoms with E-state index >= 15 is 0 Å². The lowest BCUT2D eigenvalue weighted by atomic mass is 10.1. The number of hydrogen-bond acceptors (Lipinski definition) is 2. The molecule has 2 aromatic carbocycles. The van der Waals surface area contributed by atoms with Crippen molar-refractivity contribution in [2.45, 2.75) is 19.9 Å². The average molecular weight is 375 g/mol. The van der Waals surface area contributed by atoms with E-state index in [1.54, 1.807) is 6.92 Å². The fourth-order valence-corrected chi connectivity index (χ4v) is 3.93. The van der Waals surface area contributed by atoms with Crippen molar-refractivity contribution in [3.8, 4) is 0 Å². The Labute approximate surface area is 165 Å². The molecule has 1 aromatic heterocycles. The van der Waals surface area contributed by atoms with E-state index in [1.807, 2.05) is 52.4 Å². The van der Waals surface area contributed by atoms with Crippen molar-refractivity contribution in [2.24, 2.45) is 0 Å². The summed E-state index contributed by atoms with van der Waals surface area (Å²) >= 11 is 0. The molecule has 28 heavy (non-hydrogen) atoms. The second-order valence-electron chi connectivity index (χ2n) is 7.33. The Balaban J connectivity index is 1.63. The van der Waals surface area contributed by atoms with Crippen LogP contribution in [0.25, 0.3) is 10.9 Å². The summed E-state index contributed by atoms with van der Waals surface area (Å²) in [6.45, 7) is 4.90. The molecule has 1 fully saturated rings. The number of rotatable bonds is 3. The molecular formula is C23H25N3O2. The van der Waals surface area contributed by atoms with Crippen LogP contribution >= 0.6 is 0 Å². The average Bonchev–Trinajstić information content (AvgIpc) is 2.90. The normalized spacial score (nSPS) is 14.9. The van der Waals surface area contributed by atoms with E-state index < -0.39 is 0 Å². The number of carbonyl (C=O) groups is 2. The van der Waals surface area contributed by atoms with Gasteiger partial charge in [-0.3, -0.25) is 9.59 Å². The SMILES string of the molecule is CC(=O)N1CCCN(C(=O)c2cn(Cc3ccccc3)c3ccccc23)CC1. The lowest BCUT2D eigenvalue weighted by Crippen LogP contribution is -2.36. The summed E-state index contributed by atoms with van der Waals surface area (Å²) in [6.07, 6.45) is 2.79. The lowest BCUT2D eigenvalue weighted by Gasteiger charge is -2.21. The second-order valence-corrected chi connectivity index (χ2v) is 7.33. The van der Waals surface area contributed by atoms with Crippen molar-refractivity contribution >= 4 is 22.7 Å². The largest absolute Gasteiger partial charge is 0.342 e. The van der Waals surface area contributed by atoms with Gasteiger partial charge in [-0.15, -0.1) is 0 Å². The monoisotopic (exact) mass is 375 g/mol. The molecule has 0 aliphatic carbocycles. The molecule has 1 aliphatic heterocycles. The van der Waals surface area contributed by atoms with Crippen LogP contribution in [-0.4, -0.2) is 52.4 Å². The molecule has 4 rings (SSSR count). The molecule has 5 nitrogen and oxygen atoms in total. The van der Waals surface area contributed by atoms with Gasteiger partial charge in [-0.05, 0) is 18.1 Å². The van der Waals surface area contributed by atoms with Gasteiger partial charge in [0.2, 0.25) is 5.91 Å². The number of para-hydroxylation sites is 1. The fraction of sp³-hybridized carbons (Fsp3) is 0.304. The first kappa shape index (κ1) is 18.3. The Bertz CT molecular complexity index is 994. The second kappa shape index (κ2) is 7.89. The smallest absolute Gasteiger partial charge is 0.256 e. The van der Waals surface area contributed by atoms with Gasteiger partial charge in [0, 0.05) is 56.7 Å². The zero-order valence-electron chi connectivity index (χ0n) is 16.2. The van der Waals surface area contributed by atoms with Crippen molar-refractivity contribution in [1.29, 1.82) is 0 Å². The van der Waals surface area contributed by atoms with Crippen LogP contribution in [-0.2, 0) is 11.3 Å². The number of amides is 2. The molecule has 0 spiro atoms. The fourth-order valence-electron chi connectivity index (χ4n) is 3.93. The Morgan fingerprint density at radius 2 is 1.54 bits per heavy atom. The maximum atomic E-state index is 13.3. The van der Waals surface area contributed by atoms with E-state index in [-0.39, 0.29) is 11.8 Å². The highest BCUT2D eigenvalue weighted by Crippen LogP contribution is 2.24. The Kier molecular flexibility index (Phi) is 5.15. The summed E-state index contributed by atoms with van der Waals surface area (Å²) in [5.74, 6) is 0.127. The van der Waals surface area contributed by atoms with Gasteiger partial charge in [0.25, 0.3) is 5.91 Å². The third-order valence-corrected chi connectivity index (χ3v) is 5.44. The topological polar surface area (TPSA) is 45.6 Å². The summed E-state index contributed by atoms with van der Waals surface area (Å²) < 4.78 is 2.15. The molecule has 0 bridgehead atoms. The van der Waals surface area contributed by atoms with Crippen LogP contribution in [0.4, 0.5) is 0 Å². The molecule has 2 amide bonds. The van der Waals surface area contributed by atoms with Crippen LogP contribution in [0, 0.1) is 0 Å². The number of carbonyl (C=O) groups excluding carboxylic acids is 2. The molecular weight excluding hydrogens is 350 g/mol. The van der Waals surface area contributed by atoms with E-state index in [2.05, 4.69) is 22.8 Å². The predicted molar refractivity (Wildman–Crippen MR) is 110 cm³/mol. The van der Waals surface area contributed by atoms with Gasteiger partial charge < -0.3 is 14.4 Å². The van der Waals surface area contributed by atoms with E-state index in [1.165, 1.54) is 5.56 Å². The number of hydrogen-bond donors (Lipinski definition) is 0. The molecule has 144 valence electrons.